The van der Waals surface area contributed by atoms with Crippen LogP contribution in [0.4, 0.5) is 5.82 Å². The second-order valence-corrected chi connectivity index (χ2v) is 4.54. The number of nitrogens with zero attached hydrogens (tertiary/aromatic N) is 3. The van der Waals surface area contributed by atoms with Gasteiger partial charge in [0.1, 0.15) is 11.6 Å². The largest absolute Gasteiger partial charge is 0.478 e. The van der Waals surface area contributed by atoms with Crippen LogP contribution in [0.3, 0.4) is 0 Å². The van der Waals surface area contributed by atoms with Crippen molar-refractivity contribution in [1.29, 1.82) is 0 Å². The fourth-order valence-corrected chi connectivity index (χ4v) is 2.19. The molecule has 1 N–H and O–H groups in total. The predicted octanol–water partition coefficient (Wildman–Crippen LogP) is 0.608. The van der Waals surface area contributed by atoms with Crippen molar-refractivity contribution in [2.45, 2.75) is 20.0 Å². The van der Waals surface area contributed by atoms with E-state index >= 15 is 0 Å². The van der Waals surface area contributed by atoms with Gasteiger partial charge in [-0.05, 0) is 20.9 Å². The summed E-state index contributed by atoms with van der Waals surface area (Å²) in [6.07, 6.45) is 0.199. The molecule has 1 saturated heterocycles. The SMILES string of the molecule is CCOc1cc(N2CCOC(CNC)C2)nc(C)n1. The second kappa shape index (κ2) is 6.68. The molecule has 1 atom stereocenters. The monoisotopic (exact) mass is 266 g/mol. The van der Waals surface area contributed by atoms with Crippen LogP contribution in [0, 0.1) is 6.92 Å². The Balaban J connectivity index is 2.11. The molecule has 0 aliphatic carbocycles. The van der Waals surface area contributed by atoms with E-state index in [-0.39, 0.29) is 6.10 Å². The lowest BCUT2D eigenvalue weighted by atomic mass is 10.2. The van der Waals surface area contributed by atoms with E-state index in [4.69, 9.17) is 9.47 Å². The minimum Gasteiger partial charge on any atom is -0.478 e. The van der Waals surface area contributed by atoms with E-state index in [1.54, 1.807) is 0 Å². The first-order valence-corrected chi connectivity index (χ1v) is 6.72. The number of ether oxygens (including phenoxy) is 2. The topological polar surface area (TPSA) is 59.5 Å². The summed E-state index contributed by atoms with van der Waals surface area (Å²) >= 11 is 0. The van der Waals surface area contributed by atoms with Gasteiger partial charge in [-0.15, -0.1) is 0 Å². The molecular formula is C13H22N4O2. The Morgan fingerprint density at radius 1 is 1.53 bits per heavy atom. The maximum atomic E-state index is 5.70. The third-order valence-electron chi connectivity index (χ3n) is 2.99. The summed E-state index contributed by atoms with van der Waals surface area (Å²) in [4.78, 5) is 11.0. The van der Waals surface area contributed by atoms with Crippen molar-refractivity contribution in [2.75, 3.05) is 44.8 Å². The van der Waals surface area contributed by atoms with E-state index in [1.165, 1.54) is 0 Å². The van der Waals surface area contributed by atoms with Crippen molar-refractivity contribution in [3.05, 3.63) is 11.9 Å². The Bertz CT molecular complexity index is 412. The molecule has 1 unspecified atom stereocenters. The first-order valence-electron chi connectivity index (χ1n) is 6.72. The molecule has 0 saturated carbocycles. The van der Waals surface area contributed by atoms with Crippen LogP contribution in [0.15, 0.2) is 6.07 Å². The Morgan fingerprint density at radius 2 is 2.37 bits per heavy atom. The average Bonchev–Trinajstić information content (AvgIpc) is 2.39. The summed E-state index contributed by atoms with van der Waals surface area (Å²) in [5.74, 6) is 2.29. The lowest BCUT2D eigenvalue weighted by molar-refractivity contribution is 0.0418. The highest BCUT2D eigenvalue weighted by atomic mass is 16.5. The molecule has 6 nitrogen and oxygen atoms in total. The fraction of sp³-hybridized carbons (Fsp3) is 0.692. The zero-order valence-corrected chi connectivity index (χ0v) is 11.8. The van der Waals surface area contributed by atoms with E-state index in [9.17, 15) is 0 Å². The predicted molar refractivity (Wildman–Crippen MR) is 73.8 cm³/mol. The van der Waals surface area contributed by atoms with Gasteiger partial charge >= 0.3 is 0 Å². The quantitative estimate of drug-likeness (QED) is 0.842. The molecule has 0 bridgehead atoms. The van der Waals surface area contributed by atoms with Gasteiger partial charge in [-0.25, -0.2) is 4.98 Å². The molecule has 2 rings (SSSR count). The van der Waals surface area contributed by atoms with Crippen LogP contribution in [-0.4, -0.2) is 56.0 Å². The molecule has 6 heteroatoms. The van der Waals surface area contributed by atoms with Gasteiger partial charge in [0.2, 0.25) is 5.88 Å². The van der Waals surface area contributed by atoms with Crippen LogP contribution in [0.2, 0.25) is 0 Å². The molecule has 1 aliphatic heterocycles. The van der Waals surface area contributed by atoms with E-state index in [1.807, 2.05) is 27.0 Å². The van der Waals surface area contributed by atoms with Crippen molar-refractivity contribution >= 4 is 5.82 Å². The van der Waals surface area contributed by atoms with Gasteiger partial charge in [0.15, 0.2) is 0 Å². The number of rotatable bonds is 5. The fourth-order valence-electron chi connectivity index (χ4n) is 2.19. The molecule has 0 radical (unpaired) electrons. The molecule has 0 amide bonds. The normalized spacial score (nSPS) is 19.5. The second-order valence-electron chi connectivity index (χ2n) is 4.54. The molecule has 2 heterocycles. The number of anilines is 1. The van der Waals surface area contributed by atoms with E-state index < -0.39 is 0 Å². The van der Waals surface area contributed by atoms with Crippen molar-refractivity contribution in [3.63, 3.8) is 0 Å². The first-order chi connectivity index (χ1) is 9.22. The number of hydrogen-bond acceptors (Lipinski definition) is 6. The van der Waals surface area contributed by atoms with Gasteiger partial charge < -0.3 is 19.7 Å². The molecule has 1 fully saturated rings. The third-order valence-corrected chi connectivity index (χ3v) is 2.99. The number of morpholine rings is 1. The lowest BCUT2D eigenvalue weighted by Gasteiger charge is -2.33. The Morgan fingerprint density at radius 3 is 3.11 bits per heavy atom. The van der Waals surface area contributed by atoms with Crippen molar-refractivity contribution < 1.29 is 9.47 Å². The Hall–Kier alpha value is -1.40. The van der Waals surface area contributed by atoms with Gasteiger partial charge in [0, 0.05) is 25.7 Å². The number of nitrogens with one attached hydrogen (secondary N) is 1. The Kier molecular flexibility index (Phi) is 4.93. The minimum atomic E-state index is 0.199. The van der Waals surface area contributed by atoms with E-state index in [2.05, 4.69) is 20.2 Å². The van der Waals surface area contributed by atoms with Crippen LogP contribution < -0.4 is 15.0 Å². The highest BCUT2D eigenvalue weighted by Crippen LogP contribution is 2.19. The molecule has 106 valence electrons. The number of hydrogen-bond donors (Lipinski definition) is 1. The zero-order chi connectivity index (χ0) is 13.7. The smallest absolute Gasteiger partial charge is 0.218 e. The summed E-state index contributed by atoms with van der Waals surface area (Å²) in [7, 11) is 1.93. The molecule has 1 aromatic heterocycles. The summed E-state index contributed by atoms with van der Waals surface area (Å²) in [6, 6.07) is 1.90. The molecule has 0 aromatic carbocycles. The van der Waals surface area contributed by atoms with Gasteiger partial charge in [0.05, 0.1) is 19.3 Å². The summed E-state index contributed by atoms with van der Waals surface area (Å²) in [5, 5.41) is 3.14. The van der Waals surface area contributed by atoms with Crippen molar-refractivity contribution in [2.24, 2.45) is 0 Å². The molecule has 19 heavy (non-hydrogen) atoms. The number of aryl methyl sites for hydroxylation is 1. The van der Waals surface area contributed by atoms with E-state index in [0.717, 1.165) is 37.9 Å². The van der Waals surface area contributed by atoms with Crippen LogP contribution in [-0.2, 0) is 4.74 Å². The van der Waals surface area contributed by atoms with Crippen molar-refractivity contribution in [3.8, 4) is 5.88 Å². The standard InChI is InChI=1S/C13H22N4O2/c1-4-18-13-7-12(15-10(2)16-13)17-5-6-19-11(9-17)8-14-3/h7,11,14H,4-6,8-9H2,1-3H3. The molecule has 1 aromatic rings. The summed E-state index contributed by atoms with van der Waals surface area (Å²) in [5.41, 5.74) is 0. The van der Waals surface area contributed by atoms with E-state index in [0.29, 0.717) is 12.5 Å². The van der Waals surface area contributed by atoms with Crippen LogP contribution in [0.25, 0.3) is 0 Å². The van der Waals surface area contributed by atoms with Crippen LogP contribution in [0.5, 0.6) is 5.88 Å². The lowest BCUT2D eigenvalue weighted by Crippen LogP contribution is -2.46. The molecule has 1 aliphatic rings. The van der Waals surface area contributed by atoms with Crippen LogP contribution in [0.1, 0.15) is 12.7 Å². The average molecular weight is 266 g/mol. The summed E-state index contributed by atoms with van der Waals surface area (Å²) in [6.45, 7) is 7.71. The zero-order valence-electron chi connectivity index (χ0n) is 11.8. The maximum absolute atomic E-state index is 5.70. The highest BCUT2D eigenvalue weighted by Gasteiger charge is 2.21. The highest BCUT2D eigenvalue weighted by molar-refractivity contribution is 5.42. The third kappa shape index (κ3) is 3.78. The van der Waals surface area contributed by atoms with Gasteiger partial charge in [-0.1, -0.05) is 0 Å². The van der Waals surface area contributed by atoms with Gasteiger partial charge in [0.25, 0.3) is 0 Å². The Labute approximate surface area is 114 Å². The first kappa shape index (κ1) is 14.0. The molecule has 0 spiro atoms. The number of likely N-dealkylation sites (N-methyl/N-ethyl adjacent to an activating group) is 1. The number of aromatic nitrogens is 2. The van der Waals surface area contributed by atoms with Crippen molar-refractivity contribution in [1.82, 2.24) is 15.3 Å². The van der Waals surface area contributed by atoms with Gasteiger partial charge in [-0.3, -0.25) is 0 Å². The maximum Gasteiger partial charge on any atom is 0.218 e. The molecular weight excluding hydrogens is 244 g/mol. The minimum absolute atomic E-state index is 0.199. The summed E-state index contributed by atoms with van der Waals surface area (Å²) < 4.78 is 11.2. The van der Waals surface area contributed by atoms with Gasteiger partial charge in [-0.2, -0.15) is 4.98 Å². The van der Waals surface area contributed by atoms with Crippen LogP contribution >= 0.6 is 0 Å².